The SMILES string of the molecule is CN(CCCN(CC(=O)O)C(=O)CCCC(=O)N(C)OC(O)c1ccccc1)C(=O)CCCC(=O)N(C)OC(=O)c1ccccc1. The Hall–Kier alpha value is -4.82. The molecule has 0 fully saturated rings. The molecule has 46 heavy (non-hydrogen) atoms. The van der Waals surface area contributed by atoms with E-state index in [0.29, 0.717) is 17.5 Å². The van der Waals surface area contributed by atoms with Crippen LogP contribution in [0.5, 0.6) is 0 Å². The van der Waals surface area contributed by atoms with Crippen molar-refractivity contribution in [2.75, 3.05) is 40.8 Å². The zero-order chi connectivity index (χ0) is 34.1. The minimum absolute atomic E-state index is 0.0168. The predicted molar refractivity (Wildman–Crippen MR) is 164 cm³/mol. The summed E-state index contributed by atoms with van der Waals surface area (Å²) in [6.07, 6.45) is -0.753. The first-order valence-corrected chi connectivity index (χ1v) is 14.8. The van der Waals surface area contributed by atoms with Gasteiger partial charge in [0.2, 0.25) is 24.0 Å². The topological polar surface area (TPSA) is 174 Å². The Morgan fingerprint density at radius 3 is 1.78 bits per heavy atom. The molecule has 0 aliphatic carbocycles. The van der Waals surface area contributed by atoms with Gasteiger partial charge in [-0.05, 0) is 31.4 Å². The van der Waals surface area contributed by atoms with Gasteiger partial charge in [0.1, 0.15) is 6.54 Å². The van der Waals surface area contributed by atoms with E-state index < -0.39 is 42.5 Å². The summed E-state index contributed by atoms with van der Waals surface area (Å²) in [5.74, 6) is -3.49. The van der Waals surface area contributed by atoms with Crippen molar-refractivity contribution in [1.29, 1.82) is 0 Å². The number of carbonyl (C=O) groups excluding carboxylic acids is 5. The molecular formula is C32H42N4O10. The zero-order valence-electron chi connectivity index (χ0n) is 26.4. The van der Waals surface area contributed by atoms with Gasteiger partial charge in [0.25, 0.3) is 5.91 Å². The highest BCUT2D eigenvalue weighted by Gasteiger charge is 2.21. The van der Waals surface area contributed by atoms with E-state index in [1.807, 2.05) is 0 Å². The van der Waals surface area contributed by atoms with Crippen molar-refractivity contribution in [3.8, 4) is 0 Å². The van der Waals surface area contributed by atoms with Gasteiger partial charge in [0.15, 0.2) is 0 Å². The first-order valence-electron chi connectivity index (χ1n) is 14.8. The molecule has 0 aliphatic heterocycles. The maximum atomic E-state index is 12.7. The average molecular weight is 643 g/mol. The van der Waals surface area contributed by atoms with Gasteiger partial charge in [-0.3, -0.25) is 24.0 Å². The van der Waals surface area contributed by atoms with E-state index in [1.165, 1.54) is 19.0 Å². The first-order chi connectivity index (χ1) is 21.9. The highest BCUT2D eigenvalue weighted by atomic mass is 16.8. The third-order valence-electron chi connectivity index (χ3n) is 6.86. The molecule has 0 saturated carbocycles. The van der Waals surface area contributed by atoms with Gasteiger partial charge in [0.05, 0.1) is 5.56 Å². The number of carbonyl (C=O) groups is 6. The third-order valence-corrected chi connectivity index (χ3v) is 6.86. The van der Waals surface area contributed by atoms with Crippen LogP contribution in [0.25, 0.3) is 0 Å². The number of benzene rings is 2. The molecule has 2 aromatic carbocycles. The molecule has 2 N–H and O–H groups in total. The summed E-state index contributed by atoms with van der Waals surface area (Å²) in [6.45, 7) is -0.199. The molecule has 0 aromatic heterocycles. The standard InChI is InChI=1S/C32H42N4O10/c1-33(26(37)17-10-18-27(38)34(2)45-31(43)24-13-6-4-7-14-24)21-12-22-36(23-30(41)42)29(40)20-11-19-28(39)35(3)46-32(44)25-15-8-5-9-16-25/h4-9,13-16,32,44H,10-12,17-23H2,1-3H3,(H,41,42). The quantitative estimate of drug-likeness (QED) is 0.182. The Morgan fingerprint density at radius 2 is 1.20 bits per heavy atom. The lowest BCUT2D eigenvalue weighted by atomic mass is 10.2. The number of aliphatic hydroxyl groups excluding tert-OH is 1. The molecule has 0 aliphatic rings. The second-order valence-corrected chi connectivity index (χ2v) is 10.5. The normalized spacial score (nSPS) is 11.2. The molecule has 2 aromatic rings. The molecule has 0 radical (unpaired) electrons. The van der Waals surface area contributed by atoms with Crippen molar-refractivity contribution >= 4 is 35.6 Å². The van der Waals surface area contributed by atoms with Crippen LogP contribution in [0, 0.1) is 0 Å². The molecule has 14 heteroatoms. The van der Waals surface area contributed by atoms with Crippen molar-refractivity contribution < 1.29 is 48.7 Å². The van der Waals surface area contributed by atoms with Crippen LogP contribution in [0.2, 0.25) is 0 Å². The summed E-state index contributed by atoms with van der Waals surface area (Å²) in [4.78, 5) is 86.3. The van der Waals surface area contributed by atoms with E-state index in [4.69, 9.17) is 9.68 Å². The predicted octanol–water partition coefficient (Wildman–Crippen LogP) is 2.40. The number of amides is 4. The van der Waals surface area contributed by atoms with Gasteiger partial charge in [-0.2, -0.15) is 5.06 Å². The second kappa shape index (κ2) is 19.5. The van der Waals surface area contributed by atoms with E-state index in [1.54, 1.807) is 67.7 Å². The number of carboxylic acid groups (broad SMARTS) is 1. The third kappa shape index (κ3) is 13.4. The first kappa shape index (κ1) is 37.4. The van der Waals surface area contributed by atoms with Crippen LogP contribution in [0.3, 0.4) is 0 Å². The molecule has 0 bridgehead atoms. The Bertz CT molecular complexity index is 1310. The fourth-order valence-corrected chi connectivity index (χ4v) is 4.21. The number of nitrogens with zero attached hydrogens (tertiary/aromatic N) is 4. The fourth-order valence-electron chi connectivity index (χ4n) is 4.21. The molecule has 0 saturated heterocycles. The van der Waals surface area contributed by atoms with Crippen LogP contribution < -0.4 is 0 Å². The lowest BCUT2D eigenvalue weighted by Gasteiger charge is -2.23. The van der Waals surface area contributed by atoms with Crippen molar-refractivity contribution in [2.24, 2.45) is 0 Å². The van der Waals surface area contributed by atoms with Crippen LogP contribution in [-0.2, 0) is 33.6 Å². The zero-order valence-corrected chi connectivity index (χ0v) is 26.4. The van der Waals surface area contributed by atoms with Gasteiger partial charge < -0.3 is 24.9 Å². The number of hydrogen-bond donors (Lipinski definition) is 2. The van der Waals surface area contributed by atoms with Crippen LogP contribution >= 0.6 is 0 Å². The molecule has 0 heterocycles. The molecule has 2 rings (SSSR count). The van der Waals surface area contributed by atoms with Gasteiger partial charge in [-0.15, -0.1) is 0 Å². The highest BCUT2D eigenvalue weighted by Crippen LogP contribution is 2.16. The molecule has 0 spiro atoms. The van der Waals surface area contributed by atoms with Crippen LogP contribution in [0.4, 0.5) is 0 Å². The van der Waals surface area contributed by atoms with E-state index in [9.17, 15) is 39.0 Å². The van der Waals surface area contributed by atoms with Crippen LogP contribution in [-0.4, -0.2) is 106 Å². The fraction of sp³-hybridized carbons (Fsp3) is 0.438. The molecule has 250 valence electrons. The van der Waals surface area contributed by atoms with Crippen molar-refractivity contribution in [2.45, 2.75) is 51.2 Å². The second-order valence-electron chi connectivity index (χ2n) is 10.5. The summed E-state index contributed by atoms with van der Waals surface area (Å²) < 4.78 is 0. The Balaban J connectivity index is 1.69. The van der Waals surface area contributed by atoms with Crippen LogP contribution in [0.15, 0.2) is 60.7 Å². The maximum Gasteiger partial charge on any atom is 0.363 e. The Kier molecular flexibility index (Phi) is 15.9. The smallest absolute Gasteiger partial charge is 0.363 e. The molecule has 1 atom stereocenters. The molecule has 1 unspecified atom stereocenters. The number of rotatable bonds is 18. The van der Waals surface area contributed by atoms with Gasteiger partial charge in [0, 0.05) is 65.5 Å². The van der Waals surface area contributed by atoms with E-state index in [-0.39, 0.29) is 57.5 Å². The number of hydrogen-bond acceptors (Lipinski definition) is 9. The minimum atomic E-state index is -1.34. The average Bonchev–Trinajstić information content (AvgIpc) is 3.04. The lowest BCUT2D eigenvalue weighted by molar-refractivity contribution is -0.250. The van der Waals surface area contributed by atoms with Crippen molar-refractivity contribution in [3.05, 3.63) is 71.8 Å². The number of carboxylic acids is 1. The highest BCUT2D eigenvalue weighted by molar-refractivity contribution is 5.90. The van der Waals surface area contributed by atoms with Crippen molar-refractivity contribution in [3.63, 3.8) is 0 Å². The number of hydroxylamine groups is 4. The lowest BCUT2D eigenvalue weighted by Crippen LogP contribution is -2.38. The van der Waals surface area contributed by atoms with Gasteiger partial charge in [-0.1, -0.05) is 48.5 Å². The monoisotopic (exact) mass is 642 g/mol. The molecular weight excluding hydrogens is 600 g/mol. The summed E-state index contributed by atoms with van der Waals surface area (Å²) in [7, 11) is 4.25. The van der Waals surface area contributed by atoms with Gasteiger partial charge >= 0.3 is 11.9 Å². The summed E-state index contributed by atoms with van der Waals surface area (Å²) in [5.41, 5.74) is 0.767. The van der Waals surface area contributed by atoms with E-state index in [0.717, 1.165) is 15.0 Å². The van der Waals surface area contributed by atoms with Crippen LogP contribution in [0.1, 0.15) is 67.2 Å². The maximum absolute atomic E-state index is 12.7. The summed E-state index contributed by atoms with van der Waals surface area (Å²) >= 11 is 0. The largest absolute Gasteiger partial charge is 0.480 e. The van der Waals surface area contributed by atoms with Crippen molar-refractivity contribution in [1.82, 2.24) is 19.9 Å². The van der Waals surface area contributed by atoms with E-state index >= 15 is 0 Å². The molecule has 4 amide bonds. The Morgan fingerprint density at radius 1 is 0.674 bits per heavy atom. The summed E-state index contributed by atoms with van der Waals surface area (Å²) in [5, 5.41) is 21.1. The van der Waals surface area contributed by atoms with E-state index in [2.05, 4.69) is 0 Å². The molecule has 14 nitrogen and oxygen atoms in total. The summed E-state index contributed by atoms with van der Waals surface area (Å²) in [6, 6.07) is 16.7. The number of aliphatic hydroxyl groups is 1. The minimum Gasteiger partial charge on any atom is -0.480 e. The Labute approximate surface area is 268 Å². The number of aliphatic carboxylic acids is 1. The van der Waals surface area contributed by atoms with Gasteiger partial charge in [-0.25, -0.2) is 14.7 Å².